The van der Waals surface area contributed by atoms with E-state index in [0.29, 0.717) is 25.2 Å². The first kappa shape index (κ1) is 20.1. The number of aliphatic carboxylic acids is 1. The van der Waals surface area contributed by atoms with Crippen LogP contribution in [0.2, 0.25) is 0 Å². The number of rotatable bonds is 8. The molecule has 0 saturated heterocycles. The van der Waals surface area contributed by atoms with Gasteiger partial charge in [-0.25, -0.2) is 10.3 Å². The molecule has 0 bridgehead atoms. The molecule has 27 heavy (non-hydrogen) atoms. The Balaban J connectivity index is 1.33. The molecule has 0 aliphatic heterocycles. The minimum atomic E-state index is -1.03. The minimum absolute atomic E-state index is 0.0120. The van der Waals surface area contributed by atoms with Crippen LogP contribution < -0.4 is 10.8 Å². The number of hydrogen-bond donors (Lipinski definition) is 3. The van der Waals surface area contributed by atoms with Crippen molar-refractivity contribution in [3.63, 3.8) is 0 Å². The van der Waals surface area contributed by atoms with Crippen LogP contribution in [0.15, 0.2) is 0 Å². The first-order valence-corrected chi connectivity index (χ1v) is 10.5. The van der Waals surface area contributed by atoms with Gasteiger partial charge in [0, 0.05) is 18.4 Å². The van der Waals surface area contributed by atoms with Crippen molar-refractivity contribution in [2.75, 3.05) is 0 Å². The fourth-order valence-electron chi connectivity index (χ4n) is 4.39. The number of carboxylic acids is 1. The van der Waals surface area contributed by atoms with Gasteiger partial charge in [-0.2, -0.15) is 0 Å². The summed E-state index contributed by atoms with van der Waals surface area (Å²) in [4.78, 5) is 40.8. The van der Waals surface area contributed by atoms with E-state index in [-0.39, 0.29) is 29.7 Å². The molecule has 0 heterocycles. The summed E-state index contributed by atoms with van der Waals surface area (Å²) in [5.74, 6) is -0.752. The summed E-state index contributed by atoms with van der Waals surface area (Å²) < 4.78 is 0. The predicted molar refractivity (Wildman–Crippen MR) is 98.5 cm³/mol. The summed E-state index contributed by atoms with van der Waals surface area (Å²) >= 11 is 0. The van der Waals surface area contributed by atoms with E-state index in [9.17, 15) is 14.4 Å². The fraction of sp³-hybridized carbons (Fsp3) is 0.850. The highest BCUT2D eigenvalue weighted by Gasteiger charge is 2.38. The number of carboxylic acid groups (broad SMARTS) is 1. The Bertz CT molecular complexity index is 534. The second-order valence-electron chi connectivity index (χ2n) is 8.50. The third-order valence-corrected chi connectivity index (χ3v) is 6.24. The number of nitrogens with one attached hydrogen (secondary N) is 2. The van der Waals surface area contributed by atoms with Crippen molar-refractivity contribution in [3.05, 3.63) is 0 Å². The number of hydrogen-bond acceptors (Lipinski definition) is 4. The van der Waals surface area contributed by atoms with E-state index in [1.165, 1.54) is 32.1 Å². The number of hydroxylamine groups is 1. The monoisotopic (exact) mass is 380 g/mol. The van der Waals surface area contributed by atoms with Gasteiger partial charge in [0.15, 0.2) is 6.10 Å². The zero-order chi connectivity index (χ0) is 19.2. The van der Waals surface area contributed by atoms with E-state index < -0.39 is 12.1 Å². The normalized spacial score (nSPS) is 27.6. The van der Waals surface area contributed by atoms with Crippen LogP contribution in [-0.2, 0) is 19.2 Å². The highest BCUT2D eigenvalue weighted by atomic mass is 16.7. The molecule has 0 radical (unpaired) electrons. The molecule has 3 saturated carbocycles. The van der Waals surface area contributed by atoms with Crippen molar-refractivity contribution in [2.45, 2.75) is 89.2 Å². The summed E-state index contributed by atoms with van der Waals surface area (Å²) in [5.41, 5.74) is 2.36. The largest absolute Gasteiger partial charge is 0.479 e. The maximum Gasteiger partial charge on any atom is 0.335 e. The van der Waals surface area contributed by atoms with Crippen LogP contribution in [0.3, 0.4) is 0 Å². The molecule has 3 aliphatic carbocycles. The van der Waals surface area contributed by atoms with Gasteiger partial charge in [-0.1, -0.05) is 19.3 Å². The fourth-order valence-corrected chi connectivity index (χ4v) is 4.39. The molecule has 3 N–H and O–H groups in total. The van der Waals surface area contributed by atoms with Crippen LogP contribution >= 0.6 is 0 Å². The van der Waals surface area contributed by atoms with Crippen molar-refractivity contribution in [1.82, 2.24) is 10.8 Å². The van der Waals surface area contributed by atoms with Crippen molar-refractivity contribution in [1.29, 1.82) is 0 Å². The van der Waals surface area contributed by atoms with Crippen LogP contribution in [0.4, 0.5) is 0 Å². The Morgan fingerprint density at radius 2 is 1.59 bits per heavy atom. The first-order chi connectivity index (χ1) is 13.0. The lowest BCUT2D eigenvalue weighted by Gasteiger charge is -2.29. The maximum absolute atomic E-state index is 12.2. The second kappa shape index (κ2) is 9.53. The minimum Gasteiger partial charge on any atom is -0.479 e. The van der Waals surface area contributed by atoms with E-state index in [1.807, 2.05) is 0 Å². The molecule has 2 amide bonds. The Kier molecular flexibility index (Phi) is 7.10. The van der Waals surface area contributed by atoms with Gasteiger partial charge < -0.3 is 10.4 Å². The van der Waals surface area contributed by atoms with E-state index in [0.717, 1.165) is 25.7 Å². The molecule has 3 rings (SSSR count). The highest BCUT2D eigenvalue weighted by Crippen LogP contribution is 2.34. The summed E-state index contributed by atoms with van der Waals surface area (Å²) in [7, 11) is 0. The molecule has 152 valence electrons. The van der Waals surface area contributed by atoms with E-state index in [1.54, 1.807) is 0 Å². The van der Waals surface area contributed by atoms with Crippen molar-refractivity contribution in [2.24, 2.45) is 17.8 Å². The van der Waals surface area contributed by atoms with Gasteiger partial charge in [-0.05, 0) is 63.2 Å². The van der Waals surface area contributed by atoms with Crippen LogP contribution in [0.5, 0.6) is 0 Å². The van der Waals surface area contributed by atoms with Gasteiger partial charge in [-0.15, -0.1) is 0 Å². The standard InChI is InChI=1S/C20H32N2O5/c23-17(12-13-4-2-1-3-5-13)21-16-10-8-15(9-11-16)19(24)22-27-18(20(25)26)14-6-7-14/h13-16,18H,1-12H2,(H,21,23)(H,22,24)(H,25,26). The number of carbonyl (C=O) groups is 3. The molecular formula is C20H32N2O5. The Hall–Kier alpha value is -1.63. The topological polar surface area (TPSA) is 105 Å². The predicted octanol–water partition coefficient (Wildman–Crippen LogP) is 2.54. The number of carbonyl (C=O) groups excluding carboxylic acids is 2. The summed E-state index contributed by atoms with van der Waals surface area (Å²) in [6, 6.07) is 0.143. The Labute approximate surface area is 160 Å². The van der Waals surface area contributed by atoms with Gasteiger partial charge in [0.25, 0.3) is 0 Å². The lowest BCUT2D eigenvalue weighted by atomic mass is 9.84. The molecule has 0 spiro atoms. The highest BCUT2D eigenvalue weighted by molar-refractivity contribution is 5.79. The average molecular weight is 380 g/mol. The molecule has 0 aromatic carbocycles. The second-order valence-corrected chi connectivity index (χ2v) is 8.50. The summed E-state index contributed by atoms with van der Waals surface area (Å²) in [5, 5.41) is 12.3. The molecule has 3 aliphatic rings. The summed E-state index contributed by atoms with van der Waals surface area (Å²) in [6.45, 7) is 0. The van der Waals surface area contributed by atoms with E-state index in [4.69, 9.17) is 9.94 Å². The van der Waals surface area contributed by atoms with Crippen LogP contribution in [0.1, 0.15) is 77.0 Å². The third-order valence-electron chi connectivity index (χ3n) is 6.24. The van der Waals surface area contributed by atoms with Gasteiger partial charge >= 0.3 is 5.97 Å². The van der Waals surface area contributed by atoms with Gasteiger partial charge in [0.05, 0.1) is 0 Å². The molecule has 0 aromatic rings. The van der Waals surface area contributed by atoms with Crippen LogP contribution in [0.25, 0.3) is 0 Å². The molecule has 1 atom stereocenters. The maximum atomic E-state index is 12.2. The lowest BCUT2D eigenvalue weighted by Crippen LogP contribution is -2.43. The van der Waals surface area contributed by atoms with E-state index >= 15 is 0 Å². The van der Waals surface area contributed by atoms with Gasteiger partial charge in [0.2, 0.25) is 11.8 Å². The summed E-state index contributed by atoms with van der Waals surface area (Å²) in [6.07, 6.45) is 10.4. The molecule has 0 aromatic heterocycles. The first-order valence-electron chi connectivity index (χ1n) is 10.5. The Morgan fingerprint density at radius 1 is 0.926 bits per heavy atom. The molecule has 3 fully saturated rings. The van der Waals surface area contributed by atoms with Gasteiger partial charge in [-0.3, -0.25) is 14.4 Å². The Morgan fingerprint density at radius 3 is 2.19 bits per heavy atom. The molecule has 7 nitrogen and oxygen atoms in total. The molecule has 7 heteroatoms. The van der Waals surface area contributed by atoms with Gasteiger partial charge in [0.1, 0.15) is 0 Å². The molecular weight excluding hydrogens is 348 g/mol. The number of amides is 2. The SMILES string of the molecule is O=C(CC1CCCCC1)NC1CCC(C(=O)NOC(C(=O)O)C2CC2)CC1. The molecule has 1 unspecified atom stereocenters. The smallest absolute Gasteiger partial charge is 0.335 e. The van der Waals surface area contributed by atoms with E-state index in [2.05, 4.69) is 10.8 Å². The van der Waals surface area contributed by atoms with Crippen molar-refractivity contribution < 1.29 is 24.3 Å². The van der Waals surface area contributed by atoms with Crippen LogP contribution in [0, 0.1) is 17.8 Å². The lowest BCUT2D eigenvalue weighted by molar-refractivity contribution is -0.164. The van der Waals surface area contributed by atoms with Crippen molar-refractivity contribution in [3.8, 4) is 0 Å². The third kappa shape index (κ3) is 6.19. The van der Waals surface area contributed by atoms with Crippen molar-refractivity contribution >= 4 is 17.8 Å². The quantitative estimate of drug-likeness (QED) is 0.561. The zero-order valence-corrected chi connectivity index (χ0v) is 16.0. The average Bonchev–Trinajstić information content (AvgIpc) is 3.48. The van der Waals surface area contributed by atoms with Crippen LogP contribution in [-0.4, -0.2) is 35.0 Å². The zero-order valence-electron chi connectivity index (χ0n) is 16.0.